The Morgan fingerprint density at radius 2 is 1.68 bits per heavy atom. The smallest absolute Gasteiger partial charge is 0.306 e. The van der Waals surface area contributed by atoms with Crippen LogP contribution in [0.2, 0.25) is 0 Å². The Labute approximate surface area is 181 Å². The van der Waals surface area contributed by atoms with Crippen LogP contribution in [-0.2, 0) is 30.7 Å². The third kappa shape index (κ3) is 5.70. The van der Waals surface area contributed by atoms with E-state index in [9.17, 15) is 14.3 Å². The minimum atomic E-state index is -0.819. The van der Waals surface area contributed by atoms with Crippen molar-refractivity contribution in [1.29, 1.82) is 0 Å². The highest BCUT2D eigenvalue weighted by Gasteiger charge is 2.13. The number of rotatable bonds is 9. The molecule has 1 atom stereocenters. The fraction of sp³-hybridized carbons (Fsp3) is 0.269. The van der Waals surface area contributed by atoms with E-state index in [-0.39, 0.29) is 12.4 Å². The summed E-state index contributed by atoms with van der Waals surface area (Å²) in [5, 5.41) is 18.8. The van der Waals surface area contributed by atoms with Crippen LogP contribution in [0.15, 0.2) is 60.7 Å². The lowest BCUT2D eigenvalue weighted by Gasteiger charge is -2.13. The fourth-order valence-corrected chi connectivity index (χ4v) is 3.62. The molecule has 1 unspecified atom stereocenters. The van der Waals surface area contributed by atoms with Gasteiger partial charge in [-0.15, -0.1) is 0 Å². The van der Waals surface area contributed by atoms with Crippen molar-refractivity contribution in [3.05, 3.63) is 88.7 Å². The molecule has 162 valence electrons. The maximum absolute atomic E-state index is 14.2. The van der Waals surface area contributed by atoms with Crippen LogP contribution in [0.1, 0.15) is 29.2 Å². The Morgan fingerprint density at radius 3 is 2.32 bits per heavy atom. The number of hydrogen-bond donors (Lipinski definition) is 2. The van der Waals surface area contributed by atoms with E-state index >= 15 is 0 Å². The second-order valence-electron chi connectivity index (χ2n) is 7.75. The minimum absolute atomic E-state index is 0.0574. The van der Waals surface area contributed by atoms with Crippen LogP contribution in [0.4, 0.5) is 4.39 Å². The summed E-state index contributed by atoms with van der Waals surface area (Å²) in [6.45, 7) is 1.63. The van der Waals surface area contributed by atoms with Crippen LogP contribution in [0.5, 0.6) is 5.75 Å². The van der Waals surface area contributed by atoms with E-state index in [1.54, 1.807) is 26.2 Å². The highest BCUT2D eigenvalue weighted by molar-refractivity contribution is 5.70. The number of aliphatic hydroxyl groups excluding tert-OH is 1. The molecule has 0 radical (unpaired) electrons. The normalized spacial score (nSPS) is 11.9. The van der Waals surface area contributed by atoms with E-state index in [0.717, 1.165) is 40.7 Å². The standard InChI is InChI=1S/C26H27FO4/c1-17(26(29)30)13-19-6-10-22(16-28)21(14-19)9-5-18-3-7-20(8-4-18)24-15-23(31-2)11-12-25(24)27/h3-4,6-8,10-12,14-15,17,28H,5,9,13,16H2,1-2H3,(H,29,30). The molecule has 0 bridgehead atoms. The Kier molecular flexibility index (Phi) is 7.42. The van der Waals surface area contributed by atoms with Gasteiger partial charge in [-0.1, -0.05) is 49.4 Å². The van der Waals surface area contributed by atoms with Gasteiger partial charge in [0.05, 0.1) is 19.6 Å². The van der Waals surface area contributed by atoms with Gasteiger partial charge in [0.2, 0.25) is 0 Å². The summed E-state index contributed by atoms with van der Waals surface area (Å²) in [4.78, 5) is 11.1. The summed E-state index contributed by atoms with van der Waals surface area (Å²) in [6, 6.07) is 18.2. The first-order chi connectivity index (χ1) is 14.9. The van der Waals surface area contributed by atoms with Crippen molar-refractivity contribution in [3.63, 3.8) is 0 Å². The molecule has 0 heterocycles. The number of methoxy groups -OCH3 is 1. The van der Waals surface area contributed by atoms with Crippen LogP contribution in [0.3, 0.4) is 0 Å². The van der Waals surface area contributed by atoms with E-state index in [0.29, 0.717) is 17.7 Å². The van der Waals surface area contributed by atoms with Crippen molar-refractivity contribution >= 4 is 5.97 Å². The van der Waals surface area contributed by atoms with Crippen molar-refractivity contribution in [3.8, 4) is 16.9 Å². The van der Waals surface area contributed by atoms with Gasteiger partial charge in [0.25, 0.3) is 0 Å². The van der Waals surface area contributed by atoms with Gasteiger partial charge in [-0.25, -0.2) is 4.39 Å². The van der Waals surface area contributed by atoms with Crippen molar-refractivity contribution in [2.75, 3.05) is 7.11 Å². The first-order valence-corrected chi connectivity index (χ1v) is 10.3. The Hall–Kier alpha value is -3.18. The van der Waals surface area contributed by atoms with E-state index in [1.807, 2.05) is 42.5 Å². The van der Waals surface area contributed by atoms with Crippen molar-refractivity contribution in [2.45, 2.75) is 32.8 Å². The summed E-state index contributed by atoms with van der Waals surface area (Å²) in [5.74, 6) is -0.972. The van der Waals surface area contributed by atoms with Gasteiger partial charge >= 0.3 is 5.97 Å². The number of carboxylic acid groups (broad SMARTS) is 1. The van der Waals surface area contributed by atoms with Crippen LogP contribution in [0.25, 0.3) is 11.1 Å². The zero-order valence-corrected chi connectivity index (χ0v) is 17.8. The Balaban J connectivity index is 1.73. The van der Waals surface area contributed by atoms with Gasteiger partial charge in [-0.2, -0.15) is 0 Å². The predicted molar refractivity (Wildman–Crippen MR) is 119 cm³/mol. The number of benzene rings is 3. The molecule has 0 fully saturated rings. The fourth-order valence-electron chi connectivity index (χ4n) is 3.62. The summed E-state index contributed by atoms with van der Waals surface area (Å²) in [5.41, 5.74) is 5.18. The molecule has 3 rings (SSSR count). The van der Waals surface area contributed by atoms with Gasteiger partial charge in [0, 0.05) is 5.56 Å². The highest BCUT2D eigenvalue weighted by atomic mass is 19.1. The topological polar surface area (TPSA) is 66.8 Å². The van der Waals surface area contributed by atoms with Gasteiger partial charge in [-0.05, 0) is 65.3 Å². The number of carboxylic acids is 1. The number of ether oxygens (including phenoxy) is 1. The largest absolute Gasteiger partial charge is 0.497 e. The molecule has 0 aromatic heterocycles. The van der Waals surface area contributed by atoms with E-state index < -0.39 is 11.9 Å². The monoisotopic (exact) mass is 422 g/mol. The SMILES string of the molecule is COc1ccc(F)c(-c2ccc(CCc3cc(CC(C)C(=O)O)ccc3CO)cc2)c1. The number of carbonyl (C=O) groups is 1. The van der Waals surface area contributed by atoms with Crippen LogP contribution >= 0.6 is 0 Å². The second kappa shape index (κ2) is 10.2. The molecule has 4 nitrogen and oxygen atoms in total. The molecule has 31 heavy (non-hydrogen) atoms. The van der Waals surface area contributed by atoms with Crippen LogP contribution in [-0.4, -0.2) is 23.3 Å². The number of aliphatic carboxylic acids is 1. The maximum Gasteiger partial charge on any atom is 0.306 e. The molecule has 0 aliphatic rings. The average Bonchev–Trinajstić information content (AvgIpc) is 2.78. The summed E-state index contributed by atoms with van der Waals surface area (Å²) in [7, 11) is 1.55. The zero-order chi connectivity index (χ0) is 22.4. The van der Waals surface area contributed by atoms with Crippen LogP contribution in [0, 0.1) is 11.7 Å². The number of halogens is 1. The zero-order valence-electron chi connectivity index (χ0n) is 17.8. The van der Waals surface area contributed by atoms with E-state index in [4.69, 9.17) is 9.84 Å². The number of aryl methyl sites for hydroxylation is 2. The van der Waals surface area contributed by atoms with Crippen molar-refractivity contribution < 1.29 is 24.1 Å². The lowest BCUT2D eigenvalue weighted by atomic mass is 9.93. The lowest BCUT2D eigenvalue weighted by molar-refractivity contribution is -0.141. The first-order valence-electron chi connectivity index (χ1n) is 10.3. The number of hydrogen-bond acceptors (Lipinski definition) is 3. The molecule has 2 N–H and O–H groups in total. The molecule has 0 aliphatic heterocycles. The average molecular weight is 422 g/mol. The Bertz CT molecular complexity index is 1040. The molecular weight excluding hydrogens is 395 g/mol. The quantitative estimate of drug-likeness (QED) is 0.507. The molecule has 3 aromatic rings. The summed E-state index contributed by atoms with van der Waals surface area (Å²) < 4.78 is 19.4. The molecule has 0 spiro atoms. The number of aliphatic hydroxyl groups is 1. The third-order valence-corrected chi connectivity index (χ3v) is 5.53. The lowest BCUT2D eigenvalue weighted by Crippen LogP contribution is -2.12. The second-order valence-corrected chi connectivity index (χ2v) is 7.75. The van der Waals surface area contributed by atoms with Gasteiger partial charge < -0.3 is 14.9 Å². The van der Waals surface area contributed by atoms with E-state index in [2.05, 4.69) is 0 Å². The molecule has 0 aliphatic carbocycles. The molecule has 0 saturated heterocycles. The summed E-state index contributed by atoms with van der Waals surface area (Å²) in [6.07, 6.45) is 1.93. The molecule has 5 heteroatoms. The first kappa shape index (κ1) is 22.5. The molecule has 3 aromatic carbocycles. The summed E-state index contributed by atoms with van der Waals surface area (Å²) >= 11 is 0. The molecule has 0 amide bonds. The minimum Gasteiger partial charge on any atom is -0.497 e. The molecule has 0 saturated carbocycles. The third-order valence-electron chi connectivity index (χ3n) is 5.53. The van der Waals surface area contributed by atoms with Crippen molar-refractivity contribution in [1.82, 2.24) is 0 Å². The van der Waals surface area contributed by atoms with Gasteiger partial charge in [0.15, 0.2) is 0 Å². The van der Waals surface area contributed by atoms with Crippen molar-refractivity contribution in [2.24, 2.45) is 5.92 Å². The molecular formula is C26H27FO4. The van der Waals surface area contributed by atoms with E-state index in [1.165, 1.54) is 6.07 Å². The van der Waals surface area contributed by atoms with Gasteiger partial charge in [0.1, 0.15) is 11.6 Å². The van der Waals surface area contributed by atoms with Gasteiger partial charge in [-0.3, -0.25) is 4.79 Å². The van der Waals surface area contributed by atoms with Crippen LogP contribution < -0.4 is 4.74 Å². The Morgan fingerprint density at radius 1 is 0.968 bits per heavy atom. The highest BCUT2D eigenvalue weighted by Crippen LogP contribution is 2.27. The predicted octanol–water partition coefficient (Wildman–Crippen LogP) is 5.04. The maximum atomic E-state index is 14.2.